The van der Waals surface area contributed by atoms with Crippen molar-refractivity contribution in [2.24, 2.45) is 0 Å². The van der Waals surface area contributed by atoms with E-state index in [1.807, 2.05) is 10.9 Å². The second-order valence-corrected chi connectivity index (χ2v) is 5.34. The van der Waals surface area contributed by atoms with E-state index in [-0.39, 0.29) is 0 Å². The van der Waals surface area contributed by atoms with Crippen molar-refractivity contribution in [3.8, 4) is 0 Å². The molecule has 2 heterocycles. The molecule has 3 rings (SSSR count). The largest absolute Gasteiger partial charge is 0.383 e. The fourth-order valence-corrected chi connectivity index (χ4v) is 2.66. The summed E-state index contributed by atoms with van der Waals surface area (Å²) in [6.07, 6.45) is 8.04. The second-order valence-electron chi connectivity index (χ2n) is 5.34. The molecule has 5 nitrogen and oxygen atoms in total. The summed E-state index contributed by atoms with van der Waals surface area (Å²) in [5, 5.41) is 7.91. The number of methoxy groups -OCH3 is 1. The van der Waals surface area contributed by atoms with Crippen molar-refractivity contribution in [2.45, 2.75) is 37.9 Å². The zero-order valence-corrected chi connectivity index (χ0v) is 11.0. The molecule has 0 radical (unpaired) electrons. The Labute approximate surface area is 108 Å². The number of hydrogen-bond donors (Lipinski definition) is 1. The third kappa shape index (κ3) is 2.84. The predicted octanol–water partition coefficient (Wildman–Crippen LogP) is 1.18. The number of likely N-dealkylation sites (tertiary alicyclic amines) is 1. The zero-order valence-electron chi connectivity index (χ0n) is 11.0. The molecule has 2 aliphatic rings. The molecule has 0 spiro atoms. The van der Waals surface area contributed by atoms with E-state index in [0.29, 0.717) is 12.6 Å². The highest BCUT2D eigenvalue weighted by molar-refractivity contribution is 5.39. The first-order valence-electron chi connectivity index (χ1n) is 6.87. The van der Waals surface area contributed by atoms with Crippen LogP contribution >= 0.6 is 0 Å². The lowest BCUT2D eigenvalue weighted by molar-refractivity contribution is 0.183. The molecule has 18 heavy (non-hydrogen) atoms. The Morgan fingerprint density at radius 1 is 1.44 bits per heavy atom. The summed E-state index contributed by atoms with van der Waals surface area (Å²) in [5.41, 5.74) is 1.13. The maximum Gasteiger partial charge on any atom is 0.0729 e. The van der Waals surface area contributed by atoms with Crippen molar-refractivity contribution in [1.82, 2.24) is 14.7 Å². The quantitative estimate of drug-likeness (QED) is 0.823. The van der Waals surface area contributed by atoms with Crippen molar-refractivity contribution < 1.29 is 4.74 Å². The number of rotatable bonds is 6. The number of anilines is 1. The molecule has 1 atom stereocenters. The van der Waals surface area contributed by atoms with Crippen molar-refractivity contribution in [2.75, 3.05) is 32.1 Å². The van der Waals surface area contributed by atoms with E-state index in [9.17, 15) is 0 Å². The Morgan fingerprint density at radius 3 is 3.11 bits per heavy atom. The van der Waals surface area contributed by atoms with E-state index >= 15 is 0 Å². The SMILES string of the molecule is COCCn1cc(NC2CCN(C3CC3)C2)cn1. The first kappa shape index (κ1) is 12.0. The van der Waals surface area contributed by atoms with Crippen molar-refractivity contribution in [3.63, 3.8) is 0 Å². The molecule has 1 unspecified atom stereocenters. The molecule has 1 aliphatic carbocycles. The molecule has 0 aromatic carbocycles. The minimum atomic E-state index is 0.589. The molecule has 1 saturated carbocycles. The Kier molecular flexibility index (Phi) is 3.52. The maximum atomic E-state index is 5.05. The summed E-state index contributed by atoms with van der Waals surface area (Å²) < 4.78 is 6.98. The number of nitrogens with one attached hydrogen (secondary N) is 1. The fourth-order valence-electron chi connectivity index (χ4n) is 2.66. The zero-order chi connectivity index (χ0) is 12.4. The Balaban J connectivity index is 1.48. The van der Waals surface area contributed by atoms with E-state index in [4.69, 9.17) is 4.74 Å². The predicted molar refractivity (Wildman–Crippen MR) is 70.7 cm³/mol. The van der Waals surface area contributed by atoms with Gasteiger partial charge >= 0.3 is 0 Å². The van der Waals surface area contributed by atoms with E-state index in [1.54, 1.807) is 7.11 Å². The smallest absolute Gasteiger partial charge is 0.0729 e. The Bertz CT molecular complexity index is 388. The van der Waals surface area contributed by atoms with Gasteiger partial charge in [-0.1, -0.05) is 0 Å². The Morgan fingerprint density at radius 2 is 2.33 bits per heavy atom. The van der Waals surface area contributed by atoms with Crippen LogP contribution in [0.1, 0.15) is 19.3 Å². The van der Waals surface area contributed by atoms with Crippen LogP contribution in [0.25, 0.3) is 0 Å². The average Bonchev–Trinajstić information content (AvgIpc) is 2.96. The molecule has 1 aromatic heterocycles. The summed E-state index contributed by atoms with van der Waals surface area (Å²) in [6, 6.07) is 1.48. The number of nitrogens with zero attached hydrogens (tertiary/aromatic N) is 3. The van der Waals surface area contributed by atoms with Crippen LogP contribution in [0.2, 0.25) is 0 Å². The minimum absolute atomic E-state index is 0.589. The number of hydrogen-bond acceptors (Lipinski definition) is 4. The topological polar surface area (TPSA) is 42.3 Å². The van der Waals surface area contributed by atoms with Crippen LogP contribution in [0.3, 0.4) is 0 Å². The summed E-state index contributed by atoms with van der Waals surface area (Å²) in [6.45, 7) is 3.96. The highest BCUT2D eigenvalue weighted by Crippen LogP contribution is 2.30. The van der Waals surface area contributed by atoms with Crippen molar-refractivity contribution in [1.29, 1.82) is 0 Å². The molecule has 1 N–H and O–H groups in total. The lowest BCUT2D eigenvalue weighted by atomic mass is 10.2. The van der Waals surface area contributed by atoms with E-state index in [0.717, 1.165) is 18.3 Å². The lowest BCUT2D eigenvalue weighted by Gasteiger charge is -2.15. The highest BCUT2D eigenvalue weighted by atomic mass is 16.5. The van der Waals surface area contributed by atoms with Crippen LogP contribution in [0.15, 0.2) is 12.4 Å². The van der Waals surface area contributed by atoms with Crippen LogP contribution in [-0.2, 0) is 11.3 Å². The van der Waals surface area contributed by atoms with Crippen LogP contribution in [-0.4, -0.2) is 53.6 Å². The summed E-state index contributed by atoms with van der Waals surface area (Å²) >= 11 is 0. The minimum Gasteiger partial charge on any atom is -0.383 e. The Hall–Kier alpha value is -1.07. The summed E-state index contributed by atoms with van der Waals surface area (Å²) in [4.78, 5) is 2.62. The van der Waals surface area contributed by atoms with E-state index in [1.165, 1.54) is 32.4 Å². The van der Waals surface area contributed by atoms with Gasteiger partial charge in [-0.2, -0.15) is 5.10 Å². The summed E-state index contributed by atoms with van der Waals surface area (Å²) in [5.74, 6) is 0. The van der Waals surface area contributed by atoms with Gasteiger partial charge < -0.3 is 10.1 Å². The summed E-state index contributed by atoms with van der Waals surface area (Å²) in [7, 11) is 1.72. The maximum absolute atomic E-state index is 5.05. The second kappa shape index (κ2) is 5.28. The van der Waals surface area contributed by atoms with Crippen molar-refractivity contribution in [3.05, 3.63) is 12.4 Å². The first-order valence-corrected chi connectivity index (χ1v) is 6.87. The van der Waals surface area contributed by atoms with Gasteiger partial charge in [-0.05, 0) is 19.3 Å². The van der Waals surface area contributed by atoms with E-state index in [2.05, 4.69) is 21.5 Å². The van der Waals surface area contributed by atoms with Gasteiger partial charge in [0.15, 0.2) is 0 Å². The molecule has 1 saturated heterocycles. The van der Waals surface area contributed by atoms with Crippen LogP contribution in [0, 0.1) is 0 Å². The van der Waals surface area contributed by atoms with Gasteiger partial charge in [0.2, 0.25) is 0 Å². The monoisotopic (exact) mass is 250 g/mol. The van der Waals surface area contributed by atoms with Crippen LogP contribution in [0.5, 0.6) is 0 Å². The van der Waals surface area contributed by atoms with Gasteiger partial charge in [-0.3, -0.25) is 9.58 Å². The van der Waals surface area contributed by atoms with Gasteiger partial charge in [0, 0.05) is 38.5 Å². The third-order valence-corrected chi connectivity index (χ3v) is 3.81. The molecule has 1 aromatic rings. The number of ether oxygens (including phenoxy) is 1. The molecule has 5 heteroatoms. The molecule has 0 amide bonds. The van der Waals surface area contributed by atoms with Gasteiger partial charge in [0.25, 0.3) is 0 Å². The van der Waals surface area contributed by atoms with Gasteiger partial charge in [0.05, 0.1) is 25.0 Å². The normalized spacial score (nSPS) is 24.6. The van der Waals surface area contributed by atoms with Gasteiger partial charge in [-0.25, -0.2) is 0 Å². The highest BCUT2D eigenvalue weighted by Gasteiger charge is 2.34. The first-order chi connectivity index (χ1) is 8.85. The average molecular weight is 250 g/mol. The molecule has 0 bridgehead atoms. The third-order valence-electron chi connectivity index (χ3n) is 3.81. The van der Waals surface area contributed by atoms with Crippen LogP contribution in [0.4, 0.5) is 5.69 Å². The standard InChI is InChI=1S/C13H22N4O/c1-18-7-6-17-10-12(8-14-17)15-11-4-5-16(9-11)13-2-3-13/h8,10-11,13,15H,2-7,9H2,1H3. The molecule has 2 fully saturated rings. The number of aromatic nitrogens is 2. The van der Waals surface area contributed by atoms with Crippen molar-refractivity contribution >= 4 is 5.69 Å². The lowest BCUT2D eigenvalue weighted by Crippen LogP contribution is -2.27. The fraction of sp³-hybridized carbons (Fsp3) is 0.769. The van der Waals surface area contributed by atoms with E-state index < -0.39 is 0 Å². The molecular formula is C13H22N4O. The van der Waals surface area contributed by atoms with Gasteiger partial charge in [-0.15, -0.1) is 0 Å². The molecular weight excluding hydrogens is 228 g/mol. The van der Waals surface area contributed by atoms with Crippen LogP contribution < -0.4 is 5.32 Å². The molecule has 1 aliphatic heterocycles. The molecule has 100 valence electrons. The van der Waals surface area contributed by atoms with Gasteiger partial charge in [0.1, 0.15) is 0 Å².